The predicted molar refractivity (Wildman–Crippen MR) is 54.5 cm³/mol. The van der Waals surface area contributed by atoms with Gasteiger partial charge in [0.15, 0.2) is 0 Å². The molecule has 0 spiro atoms. The topological polar surface area (TPSA) is 67.2 Å². The van der Waals surface area contributed by atoms with Gasteiger partial charge in [0, 0.05) is 18.6 Å². The van der Waals surface area contributed by atoms with Gasteiger partial charge in [0.2, 0.25) is 0 Å². The summed E-state index contributed by atoms with van der Waals surface area (Å²) in [6.07, 6.45) is 3.62. The summed E-state index contributed by atoms with van der Waals surface area (Å²) in [5.41, 5.74) is 5.04. The highest BCUT2D eigenvalue weighted by Gasteiger charge is 2.11. The van der Waals surface area contributed by atoms with Crippen molar-refractivity contribution in [2.45, 2.75) is 26.3 Å². The first-order chi connectivity index (χ1) is 5.95. The third-order valence-electron chi connectivity index (χ3n) is 1.17. The van der Waals surface area contributed by atoms with Gasteiger partial charge in [-0.2, -0.15) is 0 Å². The van der Waals surface area contributed by atoms with Crippen molar-refractivity contribution < 1.29 is 4.79 Å². The molecule has 0 aromatic carbocycles. The average Bonchev–Trinajstić information content (AvgIpc) is 1.94. The van der Waals surface area contributed by atoms with Gasteiger partial charge in [-0.05, 0) is 20.8 Å². The number of urea groups is 1. The highest BCUT2D eigenvalue weighted by atomic mass is 16.2. The van der Waals surface area contributed by atoms with Crippen LogP contribution in [0.3, 0.4) is 0 Å². The molecule has 0 aliphatic carbocycles. The second kappa shape index (κ2) is 5.59. The lowest BCUT2D eigenvalue weighted by Crippen LogP contribution is -2.46. The molecule has 0 aliphatic heterocycles. The molecule has 0 aromatic rings. The van der Waals surface area contributed by atoms with Crippen molar-refractivity contribution in [3.05, 3.63) is 12.2 Å². The number of carbonyl (C=O) groups is 1. The molecule has 0 rings (SSSR count). The van der Waals surface area contributed by atoms with E-state index in [4.69, 9.17) is 5.73 Å². The van der Waals surface area contributed by atoms with Gasteiger partial charge in [0.05, 0.1) is 0 Å². The van der Waals surface area contributed by atoms with E-state index < -0.39 is 0 Å². The van der Waals surface area contributed by atoms with E-state index in [2.05, 4.69) is 10.6 Å². The van der Waals surface area contributed by atoms with Crippen LogP contribution in [0.5, 0.6) is 0 Å². The number of nitrogens with two attached hydrogens (primary N) is 1. The van der Waals surface area contributed by atoms with Crippen LogP contribution in [-0.4, -0.2) is 24.7 Å². The van der Waals surface area contributed by atoms with Crippen LogP contribution in [0.2, 0.25) is 0 Å². The van der Waals surface area contributed by atoms with Gasteiger partial charge in [-0.15, -0.1) is 0 Å². The maximum absolute atomic E-state index is 11.1. The fraction of sp³-hybridized carbons (Fsp3) is 0.667. The first-order valence-electron chi connectivity index (χ1n) is 4.37. The molecule has 0 unspecified atom stereocenters. The van der Waals surface area contributed by atoms with Crippen LogP contribution < -0.4 is 16.4 Å². The van der Waals surface area contributed by atoms with E-state index in [1.165, 1.54) is 0 Å². The van der Waals surface area contributed by atoms with Crippen LogP contribution in [0.15, 0.2) is 12.2 Å². The first kappa shape index (κ1) is 12.0. The van der Waals surface area contributed by atoms with Gasteiger partial charge >= 0.3 is 6.03 Å². The SMILES string of the molecule is CC(C)(C)NC(=O)NC/C=C/CN. The minimum absolute atomic E-state index is 0.158. The van der Waals surface area contributed by atoms with Gasteiger partial charge in [0.25, 0.3) is 0 Å². The van der Waals surface area contributed by atoms with Gasteiger partial charge in [0.1, 0.15) is 0 Å². The molecule has 0 aliphatic rings. The Morgan fingerprint density at radius 1 is 1.38 bits per heavy atom. The highest BCUT2D eigenvalue weighted by molar-refractivity contribution is 5.74. The zero-order valence-corrected chi connectivity index (χ0v) is 8.55. The number of amides is 2. The standard InChI is InChI=1S/C9H19N3O/c1-9(2,3)12-8(13)11-7-5-4-6-10/h4-5H,6-7,10H2,1-3H3,(H2,11,12,13)/b5-4+. The Bertz CT molecular complexity index is 182. The van der Waals surface area contributed by atoms with Gasteiger partial charge in [-0.25, -0.2) is 4.79 Å². The molecule has 4 N–H and O–H groups in total. The molecule has 0 heterocycles. The molecule has 0 fully saturated rings. The van der Waals surface area contributed by atoms with Gasteiger partial charge in [-0.1, -0.05) is 12.2 Å². The van der Waals surface area contributed by atoms with Crippen LogP contribution in [-0.2, 0) is 0 Å². The Balaban J connectivity index is 3.58. The van der Waals surface area contributed by atoms with E-state index in [1.54, 1.807) is 6.08 Å². The third kappa shape index (κ3) is 8.88. The summed E-state index contributed by atoms with van der Waals surface area (Å²) in [5, 5.41) is 5.46. The van der Waals surface area contributed by atoms with E-state index in [0.29, 0.717) is 13.1 Å². The maximum atomic E-state index is 11.1. The highest BCUT2D eigenvalue weighted by Crippen LogP contribution is 1.96. The normalized spacial score (nSPS) is 11.7. The minimum Gasteiger partial charge on any atom is -0.335 e. The molecule has 0 bridgehead atoms. The molecular weight excluding hydrogens is 166 g/mol. The molecule has 4 heteroatoms. The lowest BCUT2D eigenvalue weighted by molar-refractivity contribution is 0.233. The summed E-state index contributed by atoms with van der Waals surface area (Å²) in [6, 6.07) is -0.158. The molecule has 76 valence electrons. The second-order valence-corrected chi connectivity index (χ2v) is 3.79. The molecular formula is C9H19N3O. The summed E-state index contributed by atoms with van der Waals surface area (Å²) < 4.78 is 0. The Morgan fingerprint density at radius 3 is 2.46 bits per heavy atom. The monoisotopic (exact) mass is 185 g/mol. The van der Waals surface area contributed by atoms with Gasteiger partial charge < -0.3 is 16.4 Å². The molecule has 13 heavy (non-hydrogen) atoms. The molecule has 0 radical (unpaired) electrons. The first-order valence-corrected chi connectivity index (χ1v) is 4.37. The minimum atomic E-state index is -0.193. The Morgan fingerprint density at radius 2 is 2.00 bits per heavy atom. The molecule has 0 saturated carbocycles. The maximum Gasteiger partial charge on any atom is 0.315 e. The predicted octanol–water partition coefficient (Wildman–Crippen LogP) is 0.599. The van der Waals surface area contributed by atoms with Gasteiger partial charge in [-0.3, -0.25) is 0 Å². The van der Waals surface area contributed by atoms with Crippen molar-refractivity contribution in [2.75, 3.05) is 13.1 Å². The summed E-state index contributed by atoms with van der Waals surface area (Å²) >= 11 is 0. The average molecular weight is 185 g/mol. The van der Waals surface area contributed by atoms with Crippen molar-refractivity contribution >= 4 is 6.03 Å². The van der Waals surface area contributed by atoms with E-state index in [1.807, 2.05) is 26.8 Å². The third-order valence-corrected chi connectivity index (χ3v) is 1.17. The fourth-order valence-electron chi connectivity index (χ4n) is 0.716. The van der Waals surface area contributed by atoms with Crippen LogP contribution in [0.1, 0.15) is 20.8 Å². The van der Waals surface area contributed by atoms with Crippen LogP contribution >= 0.6 is 0 Å². The lowest BCUT2D eigenvalue weighted by Gasteiger charge is -2.20. The lowest BCUT2D eigenvalue weighted by atomic mass is 10.1. The summed E-state index contributed by atoms with van der Waals surface area (Å²) in [4.78, 5) is 11.1. The van der Waals surface area contributed by atoms with E-state index in [9.17, 15) is 4.79 Å². The molecule has 0 aromatic heterocycles. The zero-order valence-electron chi connectivity index (χ0n) is 8.55. The molecule has 4 nitrogen and oxygen atoms in total. The van der Waals surface area contributed by atoms with Crippen LogP contribution in [0, 0.1) is 0 Å². The number of rotatable bonds is 3. The summed E-state index contributed by atoms with van der Waals surface area (Å²) in [7, 11) is 0. The molecule has 2 amide bonds. The Labute approximate surface area is 79.6 Å². The number of carbonyl (C=O) groups excluding carboxylic acids is 1. The number of hydrogen-bond donors (Lipinski definition) is 3. The number of nitrogens with one attached hydrogen (secondary N) is 2. The fourth-order valence-corrected chi connectivity index (χ4v) is 0.716. The van der Waals surface area contributed by atoms with Crippen molar-refractivity contribution in [1.29, 1.82) is 0 Å². The van der Waals surface area contributed by atoms with Crippen LogP contribution in [0.25, 0.3) is 0 Å². The zero-order chi connectivity index (χ0) is 10.3. The van der Waals surface area contributed by atoms with E-state index in [-0.39, 0.29) is 11.6 Å². The molecule has 0 atom stereocenters. The second-order valence-electron chi connectivity index (χ2n) is 3.79. The molecule has 0 saturated heterocycles. The van der Waals surface area contributed by atoms with Crippen molar-refractivity contribution in [2.24, 2.45) is 5.73 Å². The Hall–Kier alpha value is -1.03. The largest absolute Gasteiger partial charge is 0.335 e. The number of hydrogen-bond acceptors (Lipinski definition) is 2. The summed E-state index contributed by atoms with van der Waals surface area (Å²) in [6.45, 7) is 6.81. The van der Waals surface area contributed by atoms with E-state index >= 15 is 0 Å². The smallest absolute Gasteiger partial charge is 0.315 e. The quantitative estimate of drug-likeness (QED) is 0.564. The van der Waals surface area contributed by atoms with Crippen molar-refractivity contribution in [1.82, 2.24) is 10.6 Å². The Kier molecular flexibility index (Phi) is 5.14. The van der Waals surface area contributed by atoms with Crippen LogP contribution in [0.4, 0.5) is 4.79 Å². The van der Waals surface area contributed by atoms with Crippen molar-refractivity contribution in [3.8, 4) is 0 Å². The summed E-state index contributed by atoms with van der Waals surface area (Å²) in [5.74, 6) is 0. The van der Waals surface area contributed by atoms with E-state index in [0.717, 1.165) is 0 Å². The van der Waals surface area contributed by atoms with Crippen molar-refractivity contribution in [3.63, 3.8) is 0 Å².